The van der Waals surface area contributed by atoms with Crippen molar-refractivity contribution in [1.82, 2.24) is 24.8 Å². The van der Waals surface area contributed by atoms with Gasteiger partial charge in [0.05, 0.1) is 11.9 Å². The van der Waals surface area contributed by atoms with Crippen LogP contribution in [0.5, 0.6) is 0 Å². The van der Waals surface area contributed by atoms with E-state index in [-0.39, 0.29) is 11.5 Å². The van der Waals surface area contributed by atoms with E-state index in [1.54, 1.807) is 6.20 Å². The van der Waals surface area contributed by atoms with E-state index in [1.165, 1.54) is 10.7 Å². The molecule has 0 radical (unpaired) electrons. The second kappa shape index (κ2) is 4.59. The summed E-state index contributed by atoms with van der Waals surface area (Å²) in [6.07, 6.45) is 3.14. The Morgan fingerprint density at radius 1 is 1.43 bits per heavy atom. The molecule has 0 amide bonds. The lowest BCUT2D eigenvalue weighted by atomic mass is 9.99. The van der Waals surface area contributed by atoms with Gasteiger partial charge >= 0.3 is 0 Å². The third-order valence-electron chi connectivity index (χ3n) is 3.48. The molecule has 0 aliphatic heterocycles. The molecule has 3 heterocycles. The third kappa shape index (κ3) is 1.84. The van der Waals surface area contributed by atoms with Gasteiger partial charge in [0.1, 0.15) is 11.6 Å². The number of nitriles is 1. The molecule has 0 aliphatic carbocycles. The number of hydrogen-bond acceptors (Lipinski definition) is 4. The fraction of sp³-hybridized carbons (Fsp3) is 0.286. The summed E-state index contributed by atoms with van der Waals surface area (Å²) in [5, 5.41) is 18.8. The van der Waals surface area contributed by atoms with Crippen molar-refractivity contribution in [2.24, 2.45) is 0 Å². The molecule has 0 spiro atoms. The molecule has 3 aromatic heterocycles. The van der Waals surface area contributed by atoms with Crippen molar-refractivity contribution in [3.05, 3.63) is 39.6 Å². The fourth-order valence-corrected chi connectivity index (χ4v) is 2.43. The van der Waals surface area contributed by atoms with E-state index in [0.29, 0.717) is 22.5 Å². The van der Waals surface area contributed by atoms with Crippen LogP contribution in [-0.2, 0) is 0 Å². The van der Waals surface area contributed by atoms with Gasteiger partial charge in [0.15, 0.2) is 5.65 Å². The molecule has 0 unspecified atom stereocenters. The molecule has 3 rings (SSSR count). The van der Waals surface area contributed by atoms with E-state index in [4.69, 9.17) is 5.26 Å². The molecule has 2 N–H and O–H groups in total. The number of fused-ring (bicyclic) bond motifs is 1. The molecule has 106 valence electrons. The summed E-state index contributed by atoms with van der Waals surface area (Å²) in [6.45, 7) is 5.76. The zero-order chi connectivity index (χ0) is 15.1. The van der Waals surface area contributed by atoms with Gasteiger partial charge in [-0.15, -0.1) is 0 Å². The summed E-state index contributed by atoms with van der Waals surface area (Å²) < 4.78 is 1.31. The van der Waals surface area contributed by atoms with Gasteiger partial charge in [0.2, 0.25) is 0 Å². The molecule has 21 heavy (non-hydrogen) atoms. The van der Waals surface area contributed by atoms with Gasteiger partial charge < -0.3 is 0 Å². The lowest BCUT2D eigenvalue weighted by Crippen LogP contribution is -2.22. The first-order valence-corrected chi connectivity index (χ1v) is 6.59. The maximum Gasteiger partial charge on any atom is 0.276 e. The molecule has 0 saturated carbocycles. The number of aryl methyl sites for hydroxylation is 1. The minimum absolute atomic E-state index is 0.0000331. The van der Waals surface area contributed by atoms with Crippen LogP contribution in [0.1, 0.15) is 36.6 Å². The topological polar surface area (TPSA) is 103 Å². The first-order valence-electron chi connectivity index (χ1n) is 6.59. The average molecular weight is 282 g/mol. The maximum absolute atomic E-state index is 12.7. The summed E-state index contributed by atoms with van der Waals surface area (Å²) >= 11 is 0. The highest BCUT2D eigenvalue weighted by Gasteiger charge is 2.21. The lowest BCUT2D eigenvalue weighted by Gasteiger charge is -2.11. The highest BCUT2D eigenvalue weighted by molar-refractivity contribution is 5.69. The highest BCUT2D eigenvalue weighted by atomic mass is 16.1. The Kier molecular flexibility index (Phi) is 2.87. The van der Waals surface area contributed by atoms with Crippen LogP contribution in [-0.4, -0.2) is 24.8 Å². The predicted molar refractivity (Wildman–Crippen MR) is 76.9 cm³/mol. The molecule has 3 aromatic rings. The molecule has 0 aromatic carbocycles. The molecule has 0 aliphatic rings. The Morgan fingerprint density at radius 3 is 2.76 bits per heavy atom. The van der Waals surface area contributed by atoms with Crippen LogP contribution in [0.2, 0.25) is 0 Å². The predicted octanol–water partition coefficient (Wildman–Crippen LogP) is 1.72. The Labute approximate surface area is 120 Å². The second-order valence-corrected chi connectivity index (χ2v) is 5.20. The summed E-state index contributed by atoms with van der Waals surface area (Å²) in [5.41, 5.74) is 3.28. The molecular weight excluding hydrogens is 268 g/mol. The number of nitrogens with one attached hydrogen (secondary N) is 2. The third-order valence-corrected chi connectivity index (χ3v) is 3.48. The first-order chi connectivity index (χ1) is 10.0. The Balaban J connectivity index is 2.47. The SMILES string of the molecule is Cc1[nH]ncc1-c1nc2c(C#N)c[nH]n2c(=O)c1C(C)C. The van der Waals surface area contributed by atoms with Gasteiger partial charge in [0, 0.05) is 23.0 Å². The highest BCUT2D eigenvalue weighted by Crippen LogP contribution is 2.27. The maximum atomic E-state index is 12.7. The summed E-state index contributed by atoms with van der Waals surface area (Å²) in [5.74, 6) is 0.0000331. The number of aromatic nitrogens is 5. The van der Waals surface area contributed by atoms with Crippen LogP contribution in [0.3, 0.4) is 0 Å². The first kappa shape index (κ1) is 13.1. The lowest BCUT2D eigenvalue weighted by molar-refractivity contribution is 0.797. The largest absolute Gasteiger partial charge is 0.295 e. The normalized spacial score (nSPS) is 11.2. The summed E-state index contributed by atoms with van der Waals surface area (Å²) in [6, 6.07) is 2.04. The Bertz CT molecular complexity index is 921. The van der Waals surface area contributed by atoms with E-state index in [2.05, 4.69) is 20.3 Å². The molecule has 0 bridgehead atoms. The second-order valence-electron chi connectivity index (χ2n) is 5.20. The molecule has 0 saturated heterocycles. The standard InChI is InChI=1S/C14H14N6O/c1-7(2)11-12(10-6-16-19-8(10)3)18-13-9(4-15)5-17-20(13)14(11)21/h5-7,17H,1-3H3,(H,16,19). The molecule has 0 atom stereocenters. The van der Waals surface area contributed by atoms with Gasteiger partial charge in [-0.05, 0) is 12.8 Å². The van der Waals surface area contributed by atoms with Gasteiger partial charge in [-0.1, -0.05) is 13.8 Å². The Hall–Kier alpha value is -2.88. The van der Waals surface area contributed by atoms with Crippen molar-refractivity contribution in [1.29, 1.82) is 5.26 Å². The van der Waals surface area contributed by atoms with E-state index >= 15 is 0 Å². The van der Waals surface area contributed by atoms with Crippen molar-refractivity contribution in [3.63, 3.8) is 0 Å². The van der Waals surface area contributed by atoms with Crippen molar-refractivity contribution < 1.29 is 0 Å². The van der Waals surface area contributed by atoms with E-state index in [0.717, 1.165) is 11.3 Å². The van der Waals surface area contributed by atoms with Crippen molar-refractivity contribution in [2.45, 2.75) is 26.7 Å². The molecule has 7 heteroatoms. The number of rotatable bonds is 2. The smallest absolute Gasteiger partial charge is 0.276 e. The summed E-state index contributed by atoms with van der Waals surface area (Å²) in [7, 11) is 0. The van der Waals surface area contributed by atoms with Gasteiger partial charge in [-0.2, -0.15) is 10.4 Å². The molecule has 7 nitrogen and oxygen atoms in total. The van der Waals surface area contributed by atoms with Crippen LogP contribution in [0, 0.1) is 18.3 Å². The minimum Gasteiger partial charge on any atom is -0.295 e. The zero-order valence-corrected chi connectivity index (χ0v) is 11.9. The van der Waals surface area contributed by atoms with Crippen LogP contribution in [0.4, 0.5) is 0 Å². The van der Waals surface area contributed by atoms with Crippen LogP contribution < -0.4 is 5.56 Å². The fourth-order valence-electron chi connectivity index (χ4n) is 2.43. The zero-order valence-electron chi connectivity index (χ0n) is 11.9. The van der Waals surface area contributed by atoms with Crippen molar-refractivity contribution in [2.75, 3.05) is 0 Å². The van der Waals surface area contributed by atoms with Crippen molar-refractivity contribution in [3.8, 4) is 17.3 Å². The van der Waals surface area contributed by atoms with E-state index in [1.807, 2.05) is 26.8 Å². The monoisotopic (exact) mass is 282 g/mol. The van der Waals surface area contributed by atoms with E-state index < -0.39 is 0 Å². The van der Waals surface area contributed by atoms with Crippen LogP contribution in [0.25, 0.3) is 16.9 Å². The molecule has 0 fully saturated rings. The summed E-state index contributed by atoms with van der Waals surface area (Å²) in [4.78, 5) is 17.2. The minimum atomic E-state index is -0.188. The molecular formula is C14H14N6O. The quantitative estimate of drug-likeness (QED) is 0.746. The Morgan fingerprint density at radius 2 is 2.19 bits per heavy atom. The average Bonchev–Trinajstić information content (AvgIpc) is 3.03. The van der Waals surface area contributed by atoms with Gasteiger partial charge in [-0.25, -0.2) is 9.50 Å². The van der Waals surface area contributed by atoms with Gasteiger partial charge in [-0.3, -0.25) is 15.0 Å². The number of aromatic amines is 2. The number of nitrogens with zero attached hydrogens (tertiary/aromatic N) is 4. The van der Waals surface area contributed by atoms with Crippen molar-refractivity contribution >= 4 is 5.65 Å². The number of H-pyrrole nitrogens is 2. The van der Waals surface area contributed by atoms with Crippen LogP contribution in [0.15, 0.2) is 17.2 Å². The van der Waals surface area contributed by atoms with Crippen LogP contribution >= 0.6 is 0 Å². The van der Waals surface area contributed by atoms with E-state index in [9.17, 15) is 4.79 Å². The van der Waals surface area contributed by atoms with Gasteiger partial charge in [0.25, 0.3) is 5.56 Å². The number of hydrogen-bond donors (Lipinski definition) is 2.